The first-order valence-corrected chi connectivity index (χ1v) is 5.14. The van der Waals surface area contributed by atoms with Gasteiger partial charge in [-0.1, -0.05) is 41.9 Å². The Bertz CT molecular complexity index is 388. The molecular weight excluding hydrogens is 181 g/mol. The van der Waals surface area contributed by atoms with Crippen molar-refractivity contribution in [3.63, 3.8) is 0 Å². The van der Waals surface area contributed by atoms with Gasteiger partial charge in [0, 0.05) is 5.69 Å². The smallest absolute Gasteiger partial charge is 0.139 e. The summed E-state index contributed by atoms with van der Waals surface area (Å²) in [6, 6.07) is 16.7. The number of benzene rings is 2. The van der Waals surface area contributed by atoms with Gasteiger partial charge in [0.05, 0.1) is 0 Å². The summed E-state index contributed by atoms with van der Waals surface area (Å²) in [6.45, 7) is 0. The van der Waals surface area contributed by atoms with Crippen molar-refractivity contribution >= 4 is 19.0 Å². The highest BCUT2D eigenvalue weighted by Gasteiger charge is 1.95. The second-order valence-electron chi connectivity index (χ2n) is 3.90. The fraction of sp³-hybridized carbons (Fsp3) is 0.0769. The molecule has 0 spiro atoms. The molecule has 2 aromatic carbocycles. The van der Waals surface area contributed by atoms with Crippen molar-refractivity contribution in [2.24, 2.45) is 0 Å². The second kappa shape index (κ2) is 4.22. The van der Waals surface area contributed by atoms with Gasteiger partial charge < -0.3 is 5.73 Å². The number of anilines is 1. The van der Waals surface area contributed by atoms with E-state index in [1.54, 1.807) is 0 Å². The minimum Gasteiger partial charge on any atom is -0.399 e. The zero-order valence-electron chi connectivity index (χ0n) is 8.90. The molecule has 15 heavy (non-hydrogen) atoms. The van der Waals surface area contributed by atoms with Gasteiger partial charge in [0.15, 0.2) is 0 Å². The number of nitrogens with two attached hydrogens (primary N) is 1. The van der Waals surface area contributed by atoms with Crippen LogP contribution >= 0.6 is 0 Å². The molecule has 0 bridgehead atoms. The molecule has 2 heteroatoms. The zero-order valence-corrected chi connectivity index (χ0v) is 8.90. The highest BCUT2D eigenvalue weighted by Crippen LogP contribution is 2.10. The normalized spacial score (nSPS) is 10.1. The molecule has 1 nitrogen and oxygen atoms in total. The quantitative estimate of drug-likeness (QED) is 0.563. The first-order valence-electron chi connectivity index (χ1n) is 5.14. The molecule has 74 valence electrons. The minimum absolute atomic E-state index is 0.822. The van der Waals surface area contributed by atoms with Crippen molar-refractivity contribution in [2.75, 3.05) is 5.73 Å². The zero-order chi connectivity index (χ0) is 10.7. The highest BCUT2D eigenvalue weighted by molar-refractivity contribution is 6.32. The van der Waals surface area contributed by atoms with Crippen molar-refractivity contribution in [3.05, 3.63) is 59.7 Å². The van der Waals surface area contributed by atoms with Gasteiger partial charge in [-0.05, 0) is 29.7 Å². The molecule has 2 N–H and O–H groups in total. The third-order valence-corrected chi connectivity index (χ3v) is 2.51. The van der Waals surface area contributed by atoms with Gasteiger partial charge in [-0.2, -0.15) is 0 Å². The monoisotopic (exact) mass is 195 g/mol. The molecule has 0 saturated carbocycles. The summed E-state index contributed by atoms with van der Waals surface area (Å²) in [5.41, 5.74) is 10.4. The largest absolute Gasteiger partial charge is 0.399 e. The maximum atomic E-state index is 5.64. The average Bonchev–Trinajstić information content (AvgIpc) is 2.25. The third kappa shape index (κ3) is 2.63. The topological polar surface area (TPSA) is 26.0 Å². The number of hydrogen-bond donors (Lipinski definition) is 1. The molecule has 2 aromatic rings. The van der Waals surface area contributed by atoms with Gasteiger partial charge in [-0.3, -0.25) is 0 Å². The lowest BCUT2D eigenvalue weighted by Gasteiger charge is -2.03. The van der Waals surface area contributed by atoms with Crippen molar-refractivity contribution in [1.29, 1.82) is 0 Å². The van der Waals surface area contributed by atoms with E-state index in [0.29, 0.717) is 0 Å². The van der Waals surface area contributed by atoms with Gasteiger partial charge >= 0.3 is 0 Å². The summed E-state index contributed by atoms with van der Waals surface area (Å²) >= 11 is 0. The lowest BCUT2D eigenvalue weighted by atomic mass is 9.94. The minimum atomic E-state index is 0.822. The van der Waals surface area contributed by atoms with Gasteiger partial charge in [0.1, 0.15) is 7.85 Å². The summed E-state index contributed by atoms with van der Waals surface area (Å²) in [6.07, 6.45) is 0.973. The van der Waals surface area contributed by atoms with E-state index >= 15 is 0 Å². The van der Waals surface area contributed by atoms with Crippen molar-refractivity contribution < 1.29 is 0 Å². The Morgan fingerprint density at radius 3 is 1.80 bits per heavy atom. The van der Waals surface area contributed by atoms with Crippen molar-refractivity contribution in [3.8, 4) is 0 Å². The van der Waals surface area contributed by atoms with Crippen LogP contribution in [0.2, 0.25) is 0 Å². The van der Waals surface area contributed by atoms with E-state index in [1.165, 1.54) is 16.6 Å². The van der Waals surface area contributed by atoms with Crippen LogP contribution in [0.25, 0.3) is 0 Å². The molecule has 0 aliphatic rings. The highest BCUT2D eigenvalue weighted by atomic mass is 14.5. The van der Waals surface area contributed by atoms with Gasteiger partial charge in [-0.25, -0.2) is 0 Å². The SMILES string of the molecule is Bc1ccc(Cc2ccc(N)cc2)cc1. The van der Waals surface area contributed by atoms with E-state index in [2.05, 4.69) is 44.2 Å². The summed E-state index contributed by atoms with van der Waals surface area (Å²) in [5, 5.41) is 0. The molecule has 0 saturated heterocycles. The summed E-state index contributed by atoms with van der Waals surface area (Å²) in [5.74, 6) is 0. The predicted molar refractivity (Wildman–Crippen MR) is 68.3 cm³/mol. The van der Waals surface area contributed by atoms with Gasteiger partial charge in [0.25, 0.3) is 0 Å². The summed E-state index contributed by atoms with van der Waals surface area (Å²) in [4.78, 5) is 0. The Morgan fingerprint density at radius 2 is 1.27 bits per heavy atom. The number of rotatable bonds is 2. The third-order valence-electron chi connectivity index (χ3n) is 2.51. The Kier molecular flexibility index (Phi) is 2.77. The molecule has 0 heterocycles. The molecule has 0 aliphatic heterocycles. The average molecular weight is 195 g/mol. The number of hydrogen-bond acceptors (Lipinski definition) is 1. The van der Waals surface area contributed by atoms with E-state index < -0.39 is 0 Å². The molecule has 0 fully saturated rings. The molecule has 0 aliphatic carbocycles. The van der Waals surface area contributed by atoms with E-state index in [1.807, 2.05) is 12.1 Å². The van der Waals surface area contributed by atoms with Gasteiger partial charge in [-0.15, -0.1) is 0 Å². The van der Waals surface area contributed by atoms with Crippen molar-refractivity contribution in [1.82, 2.24) is 0 Å². The molecule has 0 atom stereocenters. The summed E-state index contributed by atoms with van der Waals surface area (Å²) in [7, 11) is 2.10. The maximum absolute atomic E-state index is 5.64. The fourth-order valence-electron chi connectivity index (χ4n) is 1.58. The van der Waals surface area contributed by atoms with Crippen LogP contribution in [-0.4, -0.2) is 7.85 Å². The molecule has 2 rings (SSSR count). The van der Waals surface area contributed by atoms with E-state index in [4.69, 9.17) is 5.73 Å². The standard InChI is InChI=1S/C13H14BN/c14-12-5-1-10(2-6-12)9-11-3-7-13(15)8-4-11/h1-8H,9,14-15H2. The van der Waals surface area contributed by atoms with Gasteiger partial charge in [0.2, 0.25) is 0 Å². The molecule has 0 radical (unpaired) electrons. The van der Waals surface area contributed by atoms with E-state index in [-0.39, 0.29) is 0 Å². The number of nitrogen functional groups attached to an aromatic ring is 1. The van der Waals surface area contributed by atoms with Crippen molar-refractivity contribution in [2.45, 2.75) is 6.42 Å². The summed E-state index contributed by atoms with van der Waals surface area (Å²) < 4.78 is 0. The maximum Gasteiger partial charge on any atom is 0.139 e. The molecule has 0 aromatic heterocycles. The van der Waals surface area contributed by atoms with Crippen LogP contribution in [0.5, 0.6) is 0 Å². The predicted octanol–water partition coefficient (Wildman–Crippen LogP) is 1.12. The van der Waals surface area contributed by atoms with Crippen LogP contribution in [0, 0.1) is 0 Å². The Hall–Kier alpha value is -1.70. The first-order chi connectivity index (χ1) is 7.24. The Morgan fingerprint density at radius 1 is 0.800 bits per heavy atom. The van der Waals surface area contributed by atoms with E-state index in [0.717, 1.165) is 12.1 Å². The van der Waals surface area contributed by atoms with Crippen LogP contribution in [0.4, 0.5) is 5.69 Å². The lowest BCUT2D eigenvalue weighted by molar-refractivity contribution is 1.20. The van der Waals surface area contributed by atoms with Crippen LogP contribution in [0.3, 0.4) is 0 Å². The Balaban J connectivity index is 2.15. The first kappa shape index (κ1) is 9.84. The Labute approximate surface area is 91.3 Å². The molecular formula is C13H14BN. The van der Waals surface area contributed by atoms with Crippen LogP contribution in [-0.2, 0) is 6.42 Å². The lowest BCUT2D eigenvalue weighted by Crippen LogP contribution is -2.00. The van der Waals surface area contributed by atoms with E-state index in [9.17, 15) is 0 Å². The van der Waals surface area contributed by atoms with Crippen LogP contribution < -0.4 is 11.2 Å². The molecule has 0 unspecified atom stereocenters. The van der Waals surface area contributed by atoms with Crippen LogP contribution in [0.1, 0.15) is 11.1 Å². The van der Waals surface area contributed by atoms with Crippen LogP contribution in [0.15, 0.2) is 48.5 Å². The fourth-order valence-corrected chi connectivity index (χ4v) is 1.58. The second-order valence-corrected chi connectivity index (χ2v) is 3.90. The molecule has 0 amide bonds.